The number of aromatic nitrogens is 4. The van der Waals surface area contributed by atoms with Gasteiger partial charge in [-0.25, -0.2) is 0 Å². The summed E-state index contributed by atoms with van der Waals surface area (Å²) in [4.78, 5) is 7.85. The van der Waals surface area contributed by atoms with Crippen molar-refractivity contribution >= 4 is 17.4 Å². The summed E-state index contributed by atoms with van der Waals surface area (Å²) in [5.41, 5.74) is 0. The van der Waals surface area contributed by atoms with E-state index in [1.807, 2.05) is 0 Å². The number of hydrogen-bond acceptors (Lipinski definition) is 4. The van der Waals surface area contributed by atoms with Gasteiger partial charge in [0.25, 0.3) is 5.78 Å². The second-order valence-electron chi connectivity index (χ2n) is 2.49. The molecule has 0 unspecified atom stereocenters. The molecule has 14 heavy (non-hydrogen) atoms. The molecule has 0 aliphatic heterocycles. The van der Waals surface area contributed by atoms with Crippen LogP contribution in [0.4, 0.5) is 0 Å². The fourth-order valence-corrected chi connectivity index (χ4v) is 1.17. The second-order valence-corrected chi connectivity index (χ2v) is 2.88. The van der Waals surface area contributed by atoms with Gasteiger partial charge >= 0.3 is 0 Å². The average molecular weight is 211 g/mol. The Kier molecular flexibility index (Phi) is 2.32. The predicted molar refractivity (Wildman–Crippen MR) is 51.5 cm³/mol. The maximum Gasteiger partial charge on any atom is 0.256 e. The molecule has 0 fully saturated rings. The van der Waals surface area contributed by atoms with E-state index in [0.717, 1.165) is 0 Å². The lowest BCUT2D eigenvalue weighted by Crippen LogP contribution is -2.01. The Morgan fingerprint density at radius 2 is 2.50 bits per heavy atom. The lowest BCUT2D eigenvalue weighted by atomic mass is 10.6. The summed E-state index contributed by atoms with van der Waals surface area (Å²) in [5.74, 6) is 0.911. The van der Waals surface area contributed by atoms with Crippen molar-refractivity contribution in [2.75, 3.05) is 6.61 Å². The molecule has 0 saturated heterocycles. The number of rotatable bonds is 3. The molecule has 0 radical (unpaired) electrons. The van der Waals surface area contributed by atoms with Crippen LogP contribution in [0.3, 0.4) is 0 Å². The Balaban J connectivity index is 2.49. The van der Waals surface area contributed by atoms with E-state index in [1.54, 1.807) is 12.1 Å². The van der Waals surface area contributed by atoms with Crippen molar-refractivity contribution in [1.82, 2.24) is 19.6 Å². The van der Waals surface area contributed by atoms with Crippen molar-refractivity contribution in [3.8, 4) is 5.88 Å². The molecule has 2 aromatic heterocycles. The first-order chi connectivity index (χ1) is 6.81. The van der Waals surface area contributed by atoms with Gasteiger partial charge in [0.05, 0.1) is 0 Å². The molecule has 0 aromatic carbocycles. The summed E-state index contributed by atoms with van der Waals surface area (Å²) < 4.78 is 6.79. The first-order valence-electron chi connectivity index (χ1n) is 3.91. The van der Waals surface area contributed by atoms with Crippen molar-refractivity contribution in [1.29, 1.82) is 0 Å². The van der Waals surface area contributed by atoms with Crippen LogP contribution in [0.1, 0.15) is 0 Å². The van der Waals surface area contributed by atoms with Gasteiger partial charge in [0, 0.05) is 6.07 Å². The minimum atomic E-state index is 0.324. The highest BCUT2D eigenvalue weighted by Crippen LogP contribution is 2.16. The average Bonchev–Trinajstić information content (AvgIpc) is 2.61. The summed E-state index contributed by atoms with van der Waals surface area (Å²) in [6.07, 6.45) is 3.02. The number of ether oxygens (including phenoxy) is 1. The van der Waals surface area contributed by atoms with Crippen LogP contribution in [0.15, 0.2) is 25.0 Å². The molecule has 0 atom stereocenters. The standard InChI is InChI=1S/C8H7ClN4O/c1-2-3-14-7-4-6(9)12-8-10-5-11-13(7)8/h2,4-5H,1,3H2. The number of nitrogens with zero attached hydrogens (tertiary/aromatic N) is 4. The van der Waals surface area contributed by atoms with Crippen LogP contribution in [0.2, 0.25) is 5.15 Å². The molecule has 6 heteroatoms. The van der Waals surface area contributed by atoms with E-state index in [0.29, 0.717) is 23.4 Å². The second kappa shape index (κ2) is 3.63. The van der Waals surface area contributed by atoms with Crippen LogP contribution in [0.25, 0.3) is 5.78 Å². The molecule has 0 aliphatic carbocycles. The topological polar surface area (TPSA) is 52.3 Å². The summed E-state index contributed by atoms with van der Waals surface area (Å²) in [7, 11) is 0. The van der Waals surface area contributed by atoms with Crippen LogP contribution in [-0.2, 0) is 0 Å². The van der Waals surface area contributed by atoms with Gasteiger partial charge in [0.2, 0.25) is 5.88 Å². The molecule has 0 amide bonds. The van der Waals surface area contributed by atoms with Gasteiger partial charge < -0.3 is 4.74 Å². The SMILES string of the molecule is C=CCOc1cc(Cl)nc2ncnn12. The molecule has 0 aliphatic rings. The zero-order valence-corrected chi connectivity index (χ0v) is 7.98. The van der Waals surface area contributed by atoms with Crippen LogP contribution in [0.5, 0.6) is 5.88 Å². The molecule has 0 bridgehead atoms. The highest BCUT2D eigenvalue weighted by atomic mass is 35.5. The normalized spacial score (nSPS) is 10.4. The Hall–Kier alpha value is -1.62. The molecular formula is C8H7ClN4O. The molecule has 0 saturated carbocycles. The number of halogens is 1. The van der Waals surface area contributed by atoms with E-state index in [2.05, 4.69) is 21.6 Å². The van der Waals surface area contributed by atoms with Crippen molar-refractivity contribution in [3.05, 3.63) is 30.2 Å². The zero-order valence-electron chi connectivity index (χ0n) is 7.22. The van der Waals surface area contributed by atoms with E-state index >= 15 is 0 Å². The Bertz CT molecular complexity index is 467. The van der Waals surface area contributed by atoms with Crippen molar-refractivity contribution in [2.24, 2.45) is 0 Å². The fourth-order valence-electron chi connectivity index (χ4n) is 1.01. The zero-order chi connectivity index (χ0) is 9.97. The maximum atomic E-state index is 5.76. The molecule has 0 spiro atoms. The Morgan fingerprint density at radius 1 is 1.64 bits per heavy atom. The highest BCUT2D eigenvalue weighted by Gasteiger charge is 2.06. The van der Waals surface area contributed by atoms with E-state index < -0.39 is 0 Å². The first kappa shape index (κ1) is 8.96. The predicted octanol–water partition coefficient (Wildman–Crippen LogP) is 1.34. The third kappa shape index (κ3) is 1.54. The minimum absolute atomic E-state index is 0.324. The van der Waals surface area contributed by atoms with Crippen molar-refractivity contribution in [3.63, 3.8) is 0 Å². The van der Waals surface area contributed by atoms with Gasteiger partial charge in [-0.1, -0.05) is 24.3 Å². The van der Waals surface area contributed by atoms with Gasteiger partial charge in [0.1, 0.15) is 18.1 Å². The van der Waals surface area contributed by atoms with Crippen molar-refractivity contribution in [2.45, 2.75) is 0 Å². The molecule has 5 nitrogen and oxygen atoms in total. The van der Waals surface area contributed by atoms with Crippen molar-refractivity contribution < 1.29 is 4.74 Å². The smallest absolute Gasteiger partial charge is 0.256 e. The Morgan fingerprint density at radius 3 is 3.29 bits per heavy atom. The maximum absolute atomic E-state index is 5.76. The van der Waals surface area contributed by atoms with Gasteiger partial charge in [-0.3, -0.25) is 0 Å². The lowest BCUT2D eigenvalue weighted by Gasteiger charge is -2.04. The first-order valence-corrected chi connectivity index (χ1v) is 4.29. The molecule has 72 valence electrons. The van der Waals surface area contributed by atoms with E-state index in [9.17, 15) is 0 Å². The minimum Gasteiger partial charge on any atom is -0.473 e. The fraction of sp³-hybridized carbons (Fsp3) is 0.125. The van der Waals surface area contributed by atoms with Gasteiger partial charge in [-0.2, -0.15) is 19.6 Å². The summed E-state index contributed by atoms with van der Waals surface area (Å²) in [6.45, 7) is 3.93. The lowest BCUT2D eigenvalue weighted by molar-refractivity contribution is 0.338. The molecule has 2 heterocycles. The highest BCUT2D eigenvalue weighted by molar-refractivity contribution is 6.29. The number of hydrogen-bond donors (Lipinski definition) is 0. The number of fused-ring (bicyclic) bond motifs is 1. The molecule has 2 aromatic rings. The largest absolute Gasteiger partial charge is 0.473 e. The van der Waals surface area contributed by atoms with Crippen LogP contribution in [0, 0.1) is 0 Å². The van der Waals surface area contributed by atoms with Gasteiger partial charge in [-0.15, -0.1) is 0 Å². The van der Waals surface area contributed by atoms with Crippen LogP contribution in [-0.4, -0.2) is 26.2 Å². The van der Waals surface area contributed by atoms with Crippen LogP contribution < -0.4 is 4.74 Å². The van der Waals surface area contributed by atoms with E-state index in [-0.39, 0.29) is 0 Å². The van der Waals surface area contributed by atoms with Gasteiger partial charge in [0.15, 0.2) is 0 Å². The molecule has 2 rings (SSSR count). The van der Waals surface area contributed by atoms with Gasteiger partial charge in [-0.05, 0) is 0 Å². The Labute approximate surface area is 85.0 Å². The third-order valence-corrected chi connectivity index (χ3v) is 1.73. The summed E-state index contributed by atoms with van der Waals surface area (Å²) in [5, 5.41) is 4.26. The van der Waals surface area contributed by atoms with E-state index in [1.165, 1.54) is 10.8 Å². The van der Waals surface area contributed by atoms with Crippen LogP contribution >= 0.6 is 11.6 Å². The summed E-state index contributed by atoms with van der Waals surface area (Å²) in [6, 6.07) is 1.58. The quantitative estimate of drug-likeness (QED) is 0.567. The summed E-state index contributed by atoms with van der Waals surface area (Å²) >= 11 is 5.76. The third-order valence-electron chi connectivity index (χ3n) is 1.54. The monoisotopic (exact) mass is 210 g/mol. The molecule has 0 N–H and O–H groups in total. The molecular weight excluding hydrogens is 204 g/mol. The van der Waals surface area contributed by atoms with E-state index in [4.69, 9.17) is 16.3 Å².